The molecule has 4 nitrogen and oxygen atoms in total. The van der Waals surface area contributed by atoms with E-state index in [1.165, 1.54) is 7.11 Å². The molecule has 94 valence electrons. The summed E-state index contributed by atoms with van der Waals surface area (Å²) >= 11 is 5.88. The molecule has 0 saturated heterocycles. The van der Waals surface area contributed by atoms with Crippen molar-refractivity contribution in [3.63, 3.8) is 0 Å². The van der Waals surface area contributed by atoms with E-state index < -0.39 is 0 Å². The Kier molecular flexibility index (Phi) is 5.25. The van der Waals surface area contributed by atoms with E-state index in [0.29, 0.717) is 10.8 Å². The zero-order valence-electron chi connectivity index (χ0n) is 9.90. The van der Waals surface area contributed by atoms with Crippen LogP contribution < -0.4 is 10.5 Å². The predicted molar refractivity (Wildman–Crippen MR) is 66.2 cm³/mol. The Labute approximate surface area is 106 Å². The lowest BCUT2D eigenvalue weighted by Crippen LogP contribution is -2.11. The van der Waals surface area contributed by atoms with Gasteiger partial charge in [0, 0.05) is 16.6 Å². The number of benzene rings is 1. The SMILES string of the molecule is COC(=O)CCOc1ccc(Cl)cc1C(C)N. The van der Waals surface area contributed by atoms with Crippen LogP contribution in [0.2, 0.25) is 5.02 Å². The van der Waals surface area contributed by atoms with Crippen LogP contribution in [0.25, 0.3) is 0 Å². The number of carbonyl (C=O) groups is 1. The van der Waals surface area contributed by atoms with Gasteiger partial charge in [-0.15, -0.1) is 0 Å². The lowest BCUT2D eigenvalue weighted by Gasteiger charge is -2.14. The van der Waals surface area contributed by atoms with E-state index in [0.717, 1.165) is 5.56 Å². The van der Waals surface area contributed by atoms with E-state index >= 15 is 0 Å². The van der Waals surface area contributed by atoms with E-state index in [-0.39, 0.29) is 25.0 Å². The third kappa shape index (κ3) is 4.24. The molecule has 5 heteroatoms. The van der Waals surface area contributed by atoms with E-state index in [4.69, 9.17) is 22.1 Å². The summed E-state index contributed by atoms with van der Waals surface area (Å²) in [5.41, 5.74) is 6.63. The molecule has 0 bridgehead atoms. The van der Waals surface area contributed by atoms with Crippen molar-refractivity contribution in [2.24, 2.45) is 5.73 Å². The highest BCUT2D eigenvalue weighted by Crippen LogP contribution is 2.27. The molecule has 1 atom stereocenters. The molecule has 0 radical (unpaired) electrons. The molecule has 1 unspecified atom stereocenters. The van der Waals surface area contributed by atoms with Gasteiger partial charge in [0.25, 0.3) is 0 Å². The van der Waals surface area contributed by atoms with Crippen LogP contribution in [0.15, 0.2) is 18.2 Å². The molecule has 0 aliphatic heterocycles. The normalized spacial score (nSPS) is 12.0. The van der Waals surface area contributed by atoms with E-state index in [2.05, 4.69) is 4.74 Å². The zero-order valence-corrected chi connectivity index (χ0v) is 10.7. The minimum absolute atomic E-state index is 0.179. The molecular weight excluding hydrogens is 242 g/mol. The van der Waals surface area contributed by atoms with Crippen LogP contribution in [-0.2, 0) is 9.53 Å². The van der Waals surface area contributed by atoms with Crippen LogP contribution in [0.5, 0.6) is 5.75 Å². The van der Waals surface area contributed by atoms with Crippen molar-refractivity contribution in [3.05, 3.63) is 28.8 Å². The molecule has 0 saturated carbocycles. The quantitative estimate of drug-likeness (QED) is 0.823. The number of nitrogens with two attached hydrogens (primary N) is 1. The number of hydrogen-bond donors (Lipinski definition) is 1. The van der Waals surface area contributed by atoms with Crippen molar-refractivity contribution < 1.29 is 14.3 Å². The lowest BCUT2D eigenvalue weighted by atomic mass is 10.1. The number of esters is 1. The third-order valence-electron chi connectivity index (χ3n) is 2.25. The molecule has 0 aliphatic rings. The first-order valence-electron chi connectivity index (χ1n) is 5.29. The molecule has 0 aromatic heterocycles. The van der Waals surface area contributed by atoms with Gasteiger partial charge in [-0.25, -0.2) is 0 Å². The largest absolute Gasteiger partial charge is 0.493 e. The minimum Gasteiger partial charge on any atom is -0.493 e. The van der Waals surface area contributed by atoms with Gasteiger partial charge in [-0.2, -0.15) is 0 Å². The number of ether oxygens (including phenoxy) is 2. The summed E-state index contributed by atoms with van der Waals surface area (Å²) in [6.45, 7) is 2.10. The molecule has 0 fully saturated rings. The molecule has 0 spiro atoms. The highest BCUT2D eigenvalue weighted by atomic mass is 35.5. The van der Waals surface area contributed by atoms with Gasteiger partial charge in [-0.3, -0.25) is 4.79 Å². The van der Waals surface area contributed by atoms with Gasteiger partial charge in [0.05, 0.1) is 20.1 Å². The highest BCUT2D eigenvalue weighted by Gasteiger charge is 2.09. The summed E-state index contributed by atoms with van der Waals surface area (Å²) in [5.74, 6) is 0.342. The average molecular weight is 258 g/mol. The summed E-state index contributed by atoms with van der Waals surface area (Å²) in [7, 11) is 1.35. The van der Waals surface area contributed by atoms with Crippen molar-refractivity contribution in [2.45, 2.75) is 19.4 Å². The van der Waals surface area contributed by atoms with E-state index in [1.54, 1.807) is 18.2 Å². The highest BCUT2D eigenvalue weighted by molar-refractivity contribution is 6.30. The van der Waals surface area contributed by atoms with Crippen LogP contribution >= 0.6 is 11.6 Å². The topological polar surface area (TPSA) is 61.5 Å². The van der Waals surface area contributed by atoms with Crippen LogP contribution in [-0.4, -0.2) is 19.7 Å². The molecule has 2 N–H and O–H groups in total. The molecular formula is C12H16ClNO3. The maximum absolute atomic E-state index is 10.9. The first-order valence-corrected chi connectivity index (χ1v) is 5.67. The Bertz CT molecular complexity index is 393. The number of rotatable bonds is 5. The molecule has 1 aromatic rings. The number of halogens is 1. The fraction of sp³-hybridized carbons (Fsp3) is 0.417. The molecule has 0 heterocycles. The van der Waals surface area contributed by atoms with E-state index in [1.807, 2.05) is 6.92 Å². The number of methoxy groups -OCH3 is 1. The summed E-state index contributed by atoms with van der Waals surface area (Å²) in [6, 6.07) is 5.06. The summed E-state index contributed by atoms with van der Waals surface area (Å²) in [5, 5.41) is 0.609. The second kappa shape index (κ2) is 6.47. The van der Waals surface area contributed by atoms with Gasteiger partial charge >= 0.3 is 5.97 Å². The van der Waals surface area contributed by atoms with Crippen molar-refractivity contribution in [3.8, 4) is 5.75 Å². The predicted octanol–water partition coefficient (Wildman–Crippen LogP) is 2.30. The monoisotopic (exact) mass is 257 g/mol. The zero-order chi connectivity index (χ0) is 12.8. The number of carbonyl (C=O) groups excluding carboxylic acids is 1. The smallest absolute Gasteiger partial charge is 0.308 e. The van der Waals surface area contributed by atoms with Crippen LogP contribution in [0, 0.1) is 0 Å². The molecule has 1 rings (SSSR count). The van der Waals surface area contributed by atoms with Crippen molar-refractivity contribution in [2.75, 3.05) is 13.7 Å². The summed E-state index contributed by atoms with van der Waals surface area (Å²) in [6.07, 6.45) is 0.206. The van der Waals surface area contributed by atoms with Crippen molar-refractivity contribution in [1.82, 2.24) is 0 Å². The molecule has 17 heavy (non-hydrogen) atoms. The minimum atomic E-state index is -0.304. The van der Waals surface area contributed by atoms with E-state index in [9.17, 15) is 4.79 Å². The summed E-state index contributed by atoms with van der Waals surface area (Å²) < 4.78 is 10.0. The number of hydrogen-bond acceptors (Lipinski definition) is 4. The maximum Gasteiger partial charge on any atom is 0.308 e. The average Bonchev–Trinajstić information content (AvgIpc) is 2.30. The lowest BCUT2D eigenvalue weighted by molar-refractivity contribution is -0.141. The molecule has 0 aliphatic carbocycles. The Morgan fingerprint density at radius 3 is 2.82 bits per heavy atom. The maximum atomic E-state index is 10.9. The Hall–Kier alpha value is -1.26. The van der Waals surface area contributed by atoms with Crippen molar-refractivity contribution in [1.29, 1.82) is 0 Å². The third-order valence-corrected chi connectivity index (χ3v) is 2.49. The van der Waals surface area contributed by atoms with Crippen LogP contribution in [0.1, 0.15) is 24.9 Å². The second-order valence-corrected chi connectivity index (χ2v) is 4.08. The summed E-state index contributed by atoms with van der Waals surface area (Å²) in [4.78, 5) is 10.9. The fourth-order valence-electron chi connectivity index (χ4n) is 1.35. The van der Waals surface area contributed by atoms with Crippen LogP contribution in [0.4, 0.5) is 0 Å². The Balaban J connectivity index is 2.67. The van der Waals surface area contributed by atoms with Gasteiger partial charge in [-0.1, -0.05) is 11.6 Å². The molecule has 1 aromatic carbocycles. The Morgan fingerprint density at radius 1 is 1.53 bits per heavy atom. The Morgan fingerprint density at radius 2 is 2.24 bits per heavy atom. The van der Waals surface area contributed by atoms with Crippen LogP contribution in [0.3, 0.4) is 0 Å². The fourth-order valence-corrected chi connectivity index (χ4v) is 1.53. The second-order valence-electron chi connectivity index (χ2n) is 3.65. The molecule has 0 amide bonds. The van der Waals surface area contributed by atoms with Gasteiger partial charge in [0.15, 0.2) is 0 Å². The van der Waals surface area contributed by atoms with Gasteiger partial charge < -0.3 is 15.2 Å². The van der Waals surface area contributed by atoms with Crippen molar-refractivity contribution >= 4 is 17.6 Å². The first kappa shape index (κ1) is 13.8. The first-order chi connectivity index (χ1) is 8.04. The van der Waals surface area contributed by atoms with Gasteiger partial charge in [0.2, 0.25) is 0 Å². The standard InChI is InChI=1S/C12H16ClNO3/c1-8(14)10-7-9(13)3-4-11(10)17-6-5-12(15)16-2/h3-4,7-8H,5-6,14H2,1-2H3. The van der Waals surface area contributed by atoms with Gasteiger partial charge in [0.1, 0.15) is 5.75 Å². The van der Waals surface area contributed by atoms with Gasteiger partial charge in [-0.05, 0) is 25.1 Å².